The summed E-state index contributed by atoms with van der Waals surface area (Å²) < 4.78 is 2.02. The van der Waals surface area contributed by atoms with Gasteiger partial charge >= 0.3 is 0 Å². The molecule has 1 aromatic carbocycles. The van der Waals surface area contributed by atoms with Crippen molar-refractivity contribution in [1.29, 1.82) is 0 Å². The fraction of sp³-hybridized carbons (Fsp3) is 0.467. The lowest BCUT2D eigenvalue weighted by molar-refractivity contribution is 0.476. The number of aryl methyl sites for hydroxylation is 2. The molecule has 5 heteroatoms. The molecule has 0 amide bonds. The first-order valence-corrected chi connectivity index (χ1v) is 7.15. The highest BCUT2D eigenvalue weighted by atomic mass is 15.4. The van der Waals surface area contributed by atoms with Crippen LogP contribution in [0, 0.1) is 13.8 Å². The van der Waals surface area contributed by atoms with Crippen molar-refractivity contribution in [2.24, 2.45) is 5.73 Å². The van der Waals surface area contributed by atoms with Crippen LogP contribution in [0.15, 0.2) is 18.2 Å². The molecule has 1 aliphatic heterocycles. The second kappa shape index (κ2) is 5.25. The molecule has 2 heterocycles. The van der Waals surface area contributed by atoms with Crippen LogP contribution >= 0.6 is 0 Å². The van der Waals surface area contributed by atoms with E-state index in [1.807, 2.05) is 4.68 Å². The topological polar surface area (TPSA) is 68.8 Å². The van der Waals surface area contributed by atoms with Crippen molar-refractivity contribution in [3.05, 3.63) is 40.7 Å². The van der Waals surface area contributed by atoms with E-state index < -0.39 is 0 Å². The molecule has 0 saturated heterocycles. The fourth-order valence-electron chi connectivity index (χ4n) is 2.89. The molecule has 0 saturated carbocycles. The van der Waals surface area contributed by atoms with Gasteiger partial charge in [-0.25, -0.2) is 4.68 Å². The molecule has 2 aromatic rings. The Morgan fingerprint density at radius 1 is 1.30 bits per heavy atom. The average Bonchev–Trinajstić information content (AvgIpc) is 2.80. The Kier molecular flexibility index (Phi) is 3.44. The van der Waals surface area contributed by atoms with E-state index in [0.717, 1.165) is 31.2 Å². The zero-order chi connectivity index (χ0) is 14.1. The van der Waals surface area contributed by atoms with Crippen molar-refractivity contribution < 1.29 is 0 Å². The Morgan fingerprint density at radius 3 is 2.75 bits per heavy atom. The Morgan fingerprint density at radius 2 is 2.05 bits per heavy atom. The van der Waals surface area contributed by atoms with E-state index in [1.165, 1.54) is 16.7 Å². The fourth-order valence-corrected chi connectivity index (χ4v) is 2.89. The summed E-state index contributed by atoms with van der Waals surface area (Å²) in [5, 5.41) is 7.94. The maximum atomic E-state index is 5.59. The Bertz CT molecular complexity index is 596. The number of hydrogen-bond acceptors (Lipinski definition) is 4. The van der Waals surface area contributed by atoms with Gasteiger partial charge < -0.3 is 11.1 Å². The second-order valence-corrected chi connectivity index (χ2v) is 5.49. The number of hydrogen-bond donors (Lipinski definition) is 2. The zero-order valence-corrected chi connectivity index (χ0v) is 12.1. The third kappa shape index (κ3) is 2.41. The molecule has 3 rings (SSSR count). The lowest BCUT2D eigenvalue weighted by atomic mass is 9.98. The van der Waals surface area contributed by atoms with Gasteiger partial charge in [0.25, 0.3) is 0 Å². The average molecular weight is 271 g/mol. The smallest absolute Gasteiger partial charge is 0.221 e. The van der Waals surface area contributed by atoms with Crippen LogP contribution in [0.25, 0.3) is 0 Å². The van der Waals surface area contributed by atoms with Crippen LogP contribution in [-0.2, 0) is 6.42 Å². The highest BCUT2D eigenvalue weighted by Gasteiger charge is 2.24. The number of aromatic nitrogens is 3. The lowest BCUT2D eigenvalue weighted by Crippen LogP contribution is -2.24. The number of nitrogens with one attached hydrogen (secondary N) is 1. The summed E-state index contributed by atoms with van der Waals surface area (Å²) in [5.41, 5.74) is 9.50. The Balaban J connectivity index is 2.00. The molecule has 0 radical (unpaired) electrons. The maximum absolute atomic E-state index is 5.59. The van der Waals surface area contributed by atoms with Gasteiger partial charge in [-0.05, 0) is 32.4 Å². The van der Waals surface area contributed by atoms with Gasteiger partial charge in [0, 0.05) is 13.0 Å². The van der Waals surface area contributed by atoms with E-state index in [9.17, 15) is 0 Å². The molecular formula is C15H21N5. The summed E-state index contributed by atoms with van der Waals surface area (Å²) >= 11 is 0. The van der Waals surface area contributed by atoms with Crippen molar-refractivity contribution >= 4 is 5.95 Å². The van der Waals surface area contributed by atoms with Crippen molar-refractivity contribution in [2.75, 3.05) is 18.4 Å². The van der Waals surface area contributed by atoms with Gasteiger partial charge in [-0.15, -0.1) is 0 Å². The molecule has 1 aromatic heterocycles. The first-order chi connectivity index (χ1) is 9.67. The van der Waals surface area contributed by atoms with Crippen LogP contribution in [0.1, 0.15) is 35.0 Å². The van der Waals surface area contributed by atoms with Crippen molar-refractivity contribution in [1.82, 2.24) is 14.8 Å². The largest absolute Gasteiger partial charge is 0.354 e. The number of benzene rings is 1. The zero-order valence-electron chi connectivity index (χ0n) is 12.1. The van der Waals surface area contributed by atoms with Crippen molar-refractivity contribution in [3.63, 3.8) is 0 Å². The van der Waals surface area contributed by atoms with Gasteiger partial charge in [0.1, 0.15) is 0 Å². The monoisotopic (exact) mass is 271 g/mol. The van der Waals surface area contributed by atoms with E-state index in [2.05, 4.69) is 47.4 Å². The number of nitrogens with zero attached hydrogens (tertiary/aromatic N) is 3. The first-order valence-electron chi connectivity index (χ1n) is 7.15. The van der Waals surface area contributed by atoms with E-state index in [-0.39, 0.29) is 6.04 Å². The molecule has 0 fully saturated rings. The van der Waals surface area contributed by atoms with Crippen LogP contribution in [0.5, 0.6) is 0 Å². The standard InChI is InChI=1S/C15H21N5/c1-10-7-11(2)9-12(8-10)13-4-6-17-15-18-14(3-5-16)19-20(13)15/h7-9,13H,3-6,16H2,1-2H3,(H,17,18,19). The quantitative estimate of drug-likeness (QED) is 0.893. The van der Waals surface area contributed by atoms with Gasteiger partial charge in [-0.3, -0.25) is 0 Å². The summed E-state index contributed by atoms with van der Waals surface area (Å²) in [4.78, 5) is 4.52. The SMILES string of the molecule is Cc1cc(C)cc(C2CCNc3nc(CCN)nn32)c1. The Hall–Kier alpha value is -1.88. The number of nitrogens with two attached hydrogens (primary N) is 1. The molecule has 5 nitrogen and oxygen atoms in total. The normalized spacial score (nSPS) is 17.6. The summed E-state index contributed by atoms with van der Waals surface area (Å²) in [6.07, 6.45) is 1.75. The molecule has 1 unspecified atom stereocenters. The highest BCUT2D eigenvalue weighted by Crippen LogP contribution is 2.29. The van der Waals surface area contributed by atoms with E-state index >= 15 is 0 Å². The third-order valence-corrected chi connectivity index (χ3v) is 3.67. The molecular weight excluding hydrogens is 250 g/mol. The van der Waals surface area contributed by atoms with Crippen LogP contribution in [0.3, 0.4) is 0 Å². The van der Waals surface area contributed by atoms with E-state index in [0.29, 0.717) is 6.54 Å². The number of rotatable bonds is 3. The predicted octanol–water partition coefficient (Wildman–Crippen LogP) is 1.80. The van der Waals surface area contributed by atoms with Crippen LogP contribution < -0.4 is 11.1 Å². The van der Waals surface area contributed by atoms with Gasteiger partial charge in [0.15, 0.2) is 5.82 Å². The molecule has 0 bridgehead atoms. The minimum Gasteiger partial charge on any atom is -0.354 e. The van der Waals surface area contributed by atoms with E-state index in [1.54, 1.807) is 0 Å². The summed E-state index contributed by atoms with van der Waals surface area (Å²) in [6, 6.07) is 6.96. The van der Waals surface area contributed by atoms with Gasteiger partial charge in [0.2, 0.25) is 5.95 Å². The first kappa shape index (κ1) is 13.1. The summed E-state index contributed by atoms with van der Waals surface area (Å²) in [6.45, 7) is 5.79. The minimum atomic E-state index is 0.267. The Labute approximate surface area is 119 Å². The van der Waals surface area contributed by atoms with Gasteiger partial charge in [-0.1, -0.05) is 29.3 Å². The van der Waals surface area contributed by atoms with Crippen LogP contribution in [-0.4, -0.2) is 27.9 Å². The maximum Gasteiger partial charge on any atom is 0.221 e. The molecule has 20 heavy (non-hydrogen) atoms. The molecule has 0 aliphatic carbocycles. The van der Waals surface area contributed by atoms with Crippen LogP contribution in [0.2, 0.25) is 0 Å². The predicted molar refractivity (Wildman–Crippen MR) is 79.9 cm³/mol. The van der Waals surface area contributed by atoms with Crippen LogP contribution in [0.4, 0.5) is 5.95 Å². The summed E-state index contributed by atoms with van der Waals surface area (Å²) in [7, 11) is 0. The van der Waals surface area contributed by atoms with Crippen molar-refractivity contribution in [3.8, 4) is 0 Å². The lowest BCUT2D eigenvalue weighted by Gasteiger charge is -2.25. The molecule has 0 spiro atoms. The van der Waals surface area contributed by atoms with Crippen molar-refractivity contribution in [2.45, 2.75) is 32.7 Å². The molecule has 1 aliphatic rings. The third-order valence-electron chi connectivity index (χ3n) is 3.67. The molecule has 1 atom stereocenters. The van der Waals surface area contributed by atoms with E-state index in [4.69, 9.17) is 5.73 Å². The number of anilines is 1. The molecule has 106 valence electrons. The number of fused-ring (bicyclic) bond motifs is 1. The van der Waals surface area contributed by atoms with Gasteiger partial charge in [0.05, 0.1) is 6.04 Å². The second-order valence-electron chi connectivity index (χ2n) is 5.49. The highest BCUT2D eigenvalue weighted by molar-refractivity contribution is 5.36. The summed E-state index contributed by atoms with van der Waals surface area (Å²) in [5.74, 6) is 1.69. The minimum absolute atomic E-state index is 0.267. The van der Waals surface area contributed by atoms with Gasteiger partial charge in [-0.2, -0.15) is 10.1 Å². The molecule has 3 N–H and O–H groups in total.